The third-order valence-electron chi connectivity index (χ3n) is 2.58. The van der Waals surface area contributed by atoms with Gasteiger partial charge in [-0.15, -0.1) is 0 Å². The standard InChI is InChI=1S/C10H13N3O2/c14-9-1-7(2-9)3-13-10(15)8-4-11-6-12-5-8/h4-7,9,14H,1-3H2,(H,13,15). The Morgan fingerprint density at radius 3 is 2.73 bits per heavy atom. The van der Waals surface area contributed by atoms with Gasteiger partial charge in [-0.1, -0.05) is 0 Å². The summed E-state index contributed by atoms with van der Waals surface area (Å²) in [6, 6.07) is 0. The Balaban J connectivity index is 1.78. The highest BCUT2D eigenvalue weighted by atomic mass is 16.3. The topological polar surface area (TPSA) is 75.1 Å². The molecule has 1 aromatic heterocycles. The third kappa shape index (κ3) is 2.50. The molecule has 1 saturated carbocycles. The van der Waals surface area contributed by atoms with Crippen LogP contribution in [0.5, 0.6) is 0 Å². The van der Waals surface area contributed by atoms with Crippen molar-refractivity contribution in [3.05, 3.63) is 24.3 Å². The van der Waals surface area contributed by atoms with Crippen LogP contribution in [0.3, 0.4) is 0 Å². The monoisotopic (exact) mass is 207 g/mol. The van der Waals surface area contributed by atoms with Crippen molar-refractivity contribution in [2.75, 3.05) is 6.54 Å². The Kier molecular flexibility index (Phi) is 2.91. The molecule has 5 heteroatoms. The molecule has 1 aliphatic rings. The van der Waals surface area contributed by atoms with Crippen LogP contribution >= 0.6 is 0 Å². The van der Waals surface area contributed by atoms with Gasteiger partial charge in [-0.2, -0.15) is 0 Å². The molecule has 15 heavy (non-hydrogen) atoms. The molecule has 0 bridgehead atoms. The second kappa shape index (κ2) is 4.35. The molecule has 0 aliphatic heterocycles. The van der Waals surface area contributed by atoms with E-state index in [-0.39, 0.29) is 12.0 Å². The molecule has 80 valence electrons. The number of hydrogen-bond donors (Lipinski definition) is 2. The van der Waals surface area contributed by atoms with Crippen molar-refractivity contribution in [2.24, 2.45) is 5.92 Å². The molecule has 2 N–H and O–H groups in total. The number of hydrogen-bond acceptors (Lipinski definition) is 4. The predicted molar refractivity (Wildman–Crippen MR) is 53.1 cm³/mol. The minimum absolute atomic E-state index is 0.156. The summed E-state index contributed by atoms with van der Waals surface area (Å²) in [6.45, 7) is 0.616. The number of rotatable bonds is 3. The fraction of sp³-hybridized carbons (Fsp3) is 0.500. The Morgan fingerprint density at radius 2 is 2.13 bits per heavy atom. The molecule has 0 atom stereocenters. The molecule has 5 nitrogen and oxygen atoms in total. The zero-order chi connectivity index (χ0) is 10.7. The molecule has 1 amide bonds. The maximum atomic E-state index is 11.5. The molecule has 1 fully saturated rings. The van der Waals surface area contributed by atoms with E-state index in [2.05, 4.69) is 15.3 Å². The van der Waals surface area contributed by atoms with Gasteiger partial charge in [0.1, 0.15) is 6.33 Å². The zero-order valence-corrected chi connectivity index (χ0v) is 8.26. The van der Waals surface area contributed by atoms with Gasteiger partial charge in [-0.3, -0.25) is 4.79 Å². The van der Waals surface area contributed by atoms with Gasteiger partial charge in [0.25, 0.3) is 5.91 Å². The average molecular weight is 207 g/mol. The number of aliphatic hydroxyl groups excluding tert-OH is 1. The molecule has 1 heterocycles. The number of carbonyl (C=O) groups excluding carboxylic acids is 1. The molecule has 1 aliphatic carbocycles. The summed E-state index contributed by atoms with van der Waals surface area (Å²) in [5.41, 5.74) is 0.470. The average Bonchev–Trinajstić information content (AvgIpc) is 2.23. The highest BCUT2D eigenvalue weighted by Gasteiger charge is 2.27. The van der Waals surface area contributed by atoms with Gasteiger partial charge in [0.15, 0.2) is 0 Å². The molecule has 2 rings (SSSR count). The molecule has 1 aromatic rings. The minimum Gasteiger partial charge on any atom is -0.393 e. The maximum absolute atomic E-state index is 11.5. The highest BCUT2D eigenvalue weighted by molar-refractivity contribution is 5.93. The lowest BCUT2D eigenvalue weighted by atomic mass is 9.82. The van der Waals surface area contributed by atoms with Crippen molar-refractivity contribution in [1.29, 1.82) is 0 Å². The van der Waals surface area contributed by atoms with Gasteiger partial charge < -0.3 is 10.4 Å². The van der Waals surface area contributed by atoms with Gasteiger partial charge >= 0.3 is 0 Å². The van der Waals surface area contributed by atoms with E-state index in [1.165, 1.54) is 18.7 Å². The Labute approximate surface area is 87.6 Å². The number of amides is 1. The fourth-order valence-corrected chi connectivity index (χ4v) is 1.62. The van der Waals surface area contributed by atoms with Gasteiger partial charge in [-0.25, -0.2) is 9.97 Å². The van der Waals surface area contributed by atoms with E-state index in [0.717, 1.165) is 12.8 Å². The van der Waals surface area contributed by atoms with E-state index < -0.39 is 0 Å². The SMILES string of the molecule is O=C(NCC1CC(O)C1)c1cncnc1. The smallest absolute Gasteiger partial charge is 0.254 e. The molecule has 0 unspecified atom stereocenters. The van der Waals surface area contributed by atoms with E-state index in [1.54, 1.807) is 0 Å². The van der Waals surface area contributed by atoms with E-state index in [1.807, 2.05) is 0 Å². The Hall–Kier alpha value is -1.49. The first kappa shape index (κ1) is 10.0. The summed E-state index contributed by atoms with van der Waals surface area (Å²) in [5, 5.41) is 11.9. The molecule has 0 spiro atoms. The Morgan fingerprint density at radius 1 is 1.47 bits per heavy atom. The summed E-state index contributed by atoms with van der Waals surface area (Å²) in [5.74, 6) is 0.255. The lowest BCUT2D eigenvalue weighted by Crippen LogP contribution is -2.38. The zero-order valence-electron chi connectivity index (χ0n) is 8.26. The van der Waals surface area contributed by atoms with Gasteiger partial charge in [-0.05, 0) is 18.8 Å². The van der Waals surface area contributed by atoms with Crippen molar-refractivity contribution < 1.29 is 9.90 Å². The molecular weight excluding hydrogens is 194 g/mol. The van der Waals surface area contributed by atoms with E-state index >= 15 is 0 Å². The van der Waals surface area contributed by atoms with Crippen LogP contribution in [-0.2, 0) is 0 Å². The first-order chi connectivity index (χ1) is 7.25. The van der Waals surface area contributed by atoms with E-state index in [4.69, 9.17) is 5.11 Å². The number of aromatic nitrogens is 2. The summed E-state index contributed by atoms with van der Waals surface area (Å²) in [7, 11) is 0. The molecule has 0 aromatic carbocycles. The fourth-order valence-electron chi connectivity index (χ4n) is 1.62. The maximum Gasteiger partial charge on any atom is 0.254 e. The van der Waals surface area contributed by atoms with Crippen LogP contribution in [0.4, 0.5) is 0 Å². The summed E-state index contributed by atoms with van der Waals surface area (Å²) in [6.07, 6.45) is 5.75. The minimum atomic E-state index is -0.174. The molecule has 0 saturated heterocycles. The van der Waals surface area contributed by atoms with Crippen molar-refractivity contribution in [3.8, 4) is 0 Å². The van der Waals surface area contributed by atoms with Crippen LogP contribution in [-0.4, -0.2) is 33.6 Å². The normalized spacial score (nSPS) is 24.3. The number of aliphatic hydroxyl groups is 1. The van der Waals surface area contributed by atoms with Gasteiger partial charge in [0, 0.05) is 18.9 Å². The van der Waals surface area contributed by atoms with E-state index in [9.17, 15) is 4.79 Å². The van der Waals surface area contributed by atoms with Crippen LogP contribution in [0.2, 0.25) is 0 Å². The van der Waals surface area contributed by atoms with Crippen molar-refractivity contribution in [3.63, 3.8) is 0 Å². The summed E-state index contributed by atoms with van der Waals surface area (Å²) < 4.78 is 0. The first-order valence-corrected chi connectivity index (χ1v) is 4.97. The second-order valence-corrected chi connectivity index (χ2v) is 3.83. The Bertz CT molecular complexity index is 336. The van der Waals surface area contributed by atoms with Crippen LogP contribution in [0.15, 0.2) is 18.7 Å². The number of nitrogens with zero attached hydrogens (tertiary/aromatic N) is 2. The van der Waals surface area contributed by atoms with Crippen molar-refractivity contribution >= 4 is 5.91 Å². The molecular formula is C10H13N3O2. The number of nitrogens with one attached hydrogen (secondary N) is 1. The van der Waals surface area contributed by atoms with Gasteiger partial charge in [0.2, 0.25) is 0 Å². The largest absolute Gasteiger partial charge is 0.393 e. The quantitative estimate of drug-likeness (QED) is 0.730. The van der Waals surface area contributed by atoms with Crippen molar-refractivity contribution in [1.82, 2.24) is 15.3 Å². The van der Waals surface area contributed by atoms with Crippen LogP contribution < -0.4 is 5.32 Å². The summed E-state index contributed by atoms with van der Waals surface area (Å²) in [4.78, 5) is 19.1. The lowest BCUT2D eigenvalue weighted by Gasteiger charge is -2.31. The van der Waals surface area contributed by atoms with Crippen molar-refractivity contribution in [2.45, 2.75) is 18.9 Å². The van der Waals surface area contributed by atoms with Crippen LogP contribution in [0, 0.1) is 5.92 Å². The highest BCUT2D eigenvalue weighted by Crippen LogP contribution is 2.26. The molecule has 0 radical (unpaired) electrons. The van der Waals surface area contributed by atoms with Crippen LogP contribution in [0.25, 0.3) is 0 Å². The van der Waals surface area contributed by atoms with Gasteiger partial charge in [0.05, 0.1) is 11.7 Å². The second-order valence-electron chi connectivity index (χ2n) is 3.83. The lowest BCUT2D eigenvalue weighted by molar-refractivity contribution is 0.0420. The third-order valence-corrected chi connectivity index (χ3v) is 2.58. The summed E-state index contributed by atoms with van der Waals surface area (Å²) >= 11 is 0. The van der Waals surface area contributed by atoms with E-state index in [0.29, 0.717) is 18.0 Å². The number of carbonyl (C=O) groups is 1. The predicted octanol–water partition coefficient (Wildman–Crippen LogP) is -0.0227. The van der Waals surface area contributed by atoms with Crippen LogP contribution in [0.1, 0.15) is 23.2 Å². The first-order valence-electron chi connectivity index (χ1n) is 4.97.